The minimum atomic E-state index is -1.05. The molecule has 0 radical (unpaired) electrons. The molecule has 0 saturated carbocycles. The number of ether oxygens (including phenoxy) is 1. The number of rotatable bonds is 3. The van der Waals surface area contributed by atoms with Crippen LogP contribution in [0.25, 0.3) is 0 Å². The molecule has 18 heavy (non-hydrogen) atoms. The molecule has 0 aromatic heterocycles. The van der Waals surface area contributed by atoms with Gasteiger partial charge in [0.15, 0.2) is 11.6 Å². The van der Waals surface area contributed by atoms with E-state index in [2.05, 4.69) is 0 Å². The fraction of sp³-hybridized carbons (Fsp3) is 0.0769. The van der Waals surface area contributed by atoms with E-state index in [4.69, 9.17) is 27.9 Å². The average molecular weight is 289 g/mol. The molecule has 2 aromatic rings. The van der Waals surface area contributed by atoms with Gasteiger partial charge in [0.25, 0.3) is 0 Å². The molecule has 0 heterocycles. The fourth-order valence-corrected chi connectivity index (χ4v) is 1.80. The second-order valence-corrected chi connectivity index (χ2v) is 4.23. The zero-order valence-electron chi connectivity index (χ0n) is 9.09. The van der Waals surface area contributed by atoms with Gasteiger partial charge < -0.3 is 4.74 Å². The van der Waals surface area contributed by atoms with Crippen LogP contribution in [0.5, 0.6) is 11.5 Å². The lowest BCUT2D eigenvalue weighted by molar-refractivity contribution is 0.416. The summed E-state index contributed by atoms with van der Waals surface area (Å²) in [6.45, 7) is 0. The summed E-state index contributed by atoms with van der Waals surface area (Å²) in [5, 5.41) is 0.289. The molecule has 0 atom stereocenters. The Morgan fingerprint density at radius 1 is 1.06 bits per heavy atom. The number of benzene rings is 2. The minimum absolute atomic E-state index is 0.212. The molecule has 0 spiro atoms. The van der Waals surface area contributed by atoms with Gasteiger partial charge in [-0.25, -0.2) is 4.39 Å². The molecule has 0 N–H and O–H groups in total. The van der Waals surface area contributed by atoms with Gasteiger partial charge in [0, 0.05) is 5.88 Å². The van der Waals surface area contributed by atoms with E-state index in [0.717, 1.165) is 11.6 Å². The lowest BCUT2D eigenvalue weighted by Gasteiger charge is -2.09. The maximum absolute atomic E-state index is 13.4. The van der Waals surface area contributed by atoms with Crippen molar-refractivity contribution >= 4 is 23.2 Å². The van der Waals surface area contributed by atoms with E-state index < -0.39 is 11.6 Å². The molecule has 0 aliphatic rings. The molecular weight excluding hydrogens is 281 g/mol. The van der Waals surface area contributed by atoms with Crippen LogP contribution in [0, 0.1) is 11.6 Å². The highest BCUT2D eigenvalue weighted by atomic mass is 35.5. The van der Waals surface area contributed by atoms with Crippen LogP contribution >= 0.6 is 23.2 Å². The first-order valence-corrected chi connectivity index (χ1v) is 5.99. The zero-order chi connectivity index (χ0) is 13.1. The Hall–Kier alpha value is -1.32. The van der Waals surface area contributed by atoms with Crippen LogP contribution in [0.4, 0.5) is 8.78 Å². The van der Waals surface area contributed by atoms with Gasteiger partial charge >= 0.3 is 0 Å². The molecule has 94 valence electrons. The van der Waals surface area contributed by atoms with E-state index in [1.165, 1.54) is 12.1 Å². The highest BCUT2D eigenvalue weighted by Gasteiger charge is 2.11. The van der Waals surface area contributed by atoms with Crippen LogP contribution in [-0.4, -0.2) is 0 Å². The monoisotopic (exact) mass is 288 g/mol. The summed E-state index contributed by atoms with van der Waals surface area (Å²) in [6, 6.07) is 8.57. The van der Waals surface area contributed by atoms with Crippen molar-refractivity contribution < 1.29 is 13.5 Å². The summed E-state index contributed by atoms with van der Waals surface area (Å²) in [6.07, 6.45) is 0. The summed E-state index contributed by atoms with van der Waals surface area (Å²) >= 11 is 11.6. The van der Waals surface area contributed by atoms with Crippen LogP contribution in [0.2, 0.25) is 5.02 Å². The second-order valence-electron chi connectivity index (χ2n) is 3.55. The Morgan fingerprint density at radius 3 is 2.50 bits per heavy atom. The van der Waals surface area contributed by atoms with E-state index in [1.807, 2.05) is 0 Å². The first-order chi connectivity index (χ1) is 8.61. The van der Waals surface area contributed by atoms with Crippen molar-refractivity contribution in [2.45, 2.75) is 5.88 Å². The summed E-state index contributed by atoms with van der Waals surface area (Å²) in [7, 11) is 0. The van der Waals surface area contributed by atoms with Gasteiger partial charge in [-0.3, -0.25) is 0 Å². The van der Waals surface area contributed by atoms with Gasteiger partial charge in [-0.15, -0.1) is 11.6 Å². The normalized spacial score (nSPS) is 10.4. The van der Waals surface area contributed by atoms with E-state index in [1.54, 1.807) is 18.2 Å². The summed E-state index contributed by atoms with van der Waals surface area (Å²) < 4.78 is 31.6. The summed E-state index contributed by atoms with van der Waals surface area (Å²) in [4.78, 5) is 0. The minimum Gasteiger partial charge on any atom is -0.453 e. The van der Waals surface area contributed by atoms with Crippen molar-refractivity contribution in [3.63, 3.8) is 0 Å². The summed E-state index contributed by atoms with van der Waals surface area (Å²) in [5.74, 6) is -1.67. The van der Waals surface area contributed by atoms with Crippen molar-refractivity contribution in [1.82, 2.24) is 0 Å². The van der Waals surface area contributed by atoms with Gasteiger partial charge in [-0.05, 0) is 29.8 Å². The Labute approximate surface area is 113 Å². The molecule has 0 aliphatic heterocycles. The molecule has 2 aromatic carbocycles. The second kappa shape index (κ2) is 5.55. The predicted octanol–water partition coefficient (Wildman–Crippen LogP) is 5.15. The molecule has 0 bridgehead atoms. The number of hydrogen-bond acceptors (Lipinski definition) is 1. The lowest BCUT2D eigenvalue weighted by Crippen LogP contribution is -1.92. The third kappa shape index (κ3) is 2.74. The van der Waals surface area contributed by atoms with E-state index in [9.17, 15) is 8.78 Å². The molecule has 0 saturated heterocycles. The van der Waals surface area contributed by atoms with E-state index in [0.29, 0.717) is 5.88 Å². The van der Waals surface area contributed by atoms with Crippen molar-refractivity contribution in [3.05, 3.63) is 58.6 Å². The predicted molar refractivity (Wildman–Crippen MR) is 67.4 cm³/mol. The highest BCUT2D eigenvalue weighted by molar-refractivity contribution is 6.32. The SMILES string of the molecule is Fc1cccc(Oc2ccc(CCl)cc2Cl)c1F. The molecule has 1 nitrogen and oxygen atoms in total. The van der Waals surface area contributed by atoms with Gasteiger partial charge in [0.1, 0.15) is 5.75 Å². The third-order valence-corrected chi connectivity index (χ3v) is 2.89. The maximum Gasteiger partial charge on any atom is 0.201 e. The number of hydrogen-bond donors (Lipinski definition) is 0. The third-order valence-electron chi connectivity index (χ3n) is 2.29. The molecule has 5 heteroatoms. The van der Waals surface area contributed by atoms with E-state index in [-0.39, 0.29) is 16.5 Å². The Morgan fingerprint density at radius 2 is 1.83 bits per heavy atom. The number of alkyl halides is 1. The molecule has 0 unspecified atom stereocenters. The van der Waals surface area contributed by atoms with Crippen LogP contribution in [0.3, 0.4) is 0 Å². The van der Waals surface area contributed by atoms with Crippen LogP contribution in [0.1, 0.15) is 5.56 Å². The Bertz CT molecular complexity index is 573. The fourth-order valence-electron chi connectivity index (χ4n) is 1.39. The van der Waals surface area contributed by atoms with Crippen molar-refractivity contribution in [3.8, 4) is 11.5 Å². The topological polar surface area (TPSA) is 9.23 Å². The lowest BCUT2D eigenvalue weighted by atomic mass is 10.2. The summed E-state index contributed by atoms with van der Waals surface area (Å²) in [5.41, 5.74) is 0.814. The van der Waals surface area contributed by atoms with Gasteiger partial charge in [0.2, 0.25) is 5.82 Å². The molecule has 0 aliphatic carbocycles. The number of halogens is 4. The standard InChI is InChI=1S/C13H8Cl2F2O/c14-7-8-4-5-11(9(15)6-8)18-12-3-1-2-10(16)13(12)17/h1-6H,7H2. The first kappa shape index (κ1) is 13.1. The highest BCUT2D eigenvalue weighted by Crippen LogP contribution is 2.32. The average Bonchev–Trinajstić information content (AvgIpc) is 2.37. The van der Waals surface area contributed by atoms with Gasteiger partial charge in [-0.2, -0.15) is 4.39 Å². The van der Waals surface area contributed by atoms with Gasteiger partial charge in [0.05, 0.1) is 5.02 Å². The van der Waals surface area contributed by atoms with Crippen molar-refractivity contribution in [2.75, 3.05) is 0 Å². The van der Waals surface area contributed by atoms with Crippen LogP contribution in [0.15, 0.2) is 36.4 Å². The molecule has 2 rings (SSSR count). The van der Waals surface area contributed by atoms with Crippen LogP contribution in [-0.2, 0) is 5.88 Å². The van der Waals surface area contributed by atoms with Crippen molar-refractivity contribution in [1.29, 1.82) is 0 Å². The Balaban J connectivity index is 2.31. The largest absolute Gasteiger partial charge is 0.453 e. The Kier molecular flexibility index (Phi) is 4.04. The van der Waals surface area contributed by atoms with E-state index >= 15 is 0 Å². The molecule has 0 fully saturated rings. The smallest absolute Gasteiger partial charge is 0.201 e. The quantitative estimate of drug-likeness (QED) is 0.710. The molecule has 0 amide bonds. The maximum atomic E-state index is 13.4. The van der Waals surface area contributed by atoms with Gasteiger partial charge in [-0.1, -0.05) is 23.7 Å². The molecular formula is C13H8Cl2F2O. The van der Waals surface area contributed by atoms with Crippen LogP contribution < -0.4 is 4.74 Å². The first-order valence-electron chi connectivity index (χ1n) is 5.08. The van der Waals surface area contributed by atoms with Crippen molar-refractivity contribution in [2.24, 2.45) is 0 Å². The zero-order valence-corrected chi connectivity index (χ0v) is 10.6.